The molecule has 4 aromatic carbocycles. The van der Waals surface area contributed by atoms with E-state index in [1.165, 1.54) is 27.8 Å². The first-order valence-electron chi connectivity index (χ1n) is 12.9. The first kappa shape index (κ1) is 26.0. The third-order valence-electron chi connectivity index (χ3n) is 6.60. The van der Waals surface area contributed by atoms with E-state index in [4.69, 9.17) is 4.74 Å². The summed E-state index contributed by atoms with van der Waals surface area (Å²) in [5, 5.41) is 0. The average Bonchev–Trinajstić information content (AvgIpc) is 2.93. The number of hydrogen-bond donors (Lipinski definition) is 0. The van der Waals surface area contributed by atoms with Crippen LogP contribution in [0.15, 0.2) is 109 Å². The summed E-state index contributed by atoms with van der Waals surface area (Å²) in [6.45, 7) is 8.28. The normalized spacial score (nSPS) is 11.3. The number of nitrogens with zero attached hydrogens (tertiary/aromatic N) is 1. The van der Waals surface area contributed by atoms with Gasteiger partial charge in [0.2, 0.25) is 0 Å². The van der Waals surface area contributed by atoms with Crippen LogP contribution in [0.1, 0.15) is 37.0 Å². The summed E-state index contributed by atoms with van der Waals surface area (Å²) in [4.78, 5) is 14.0. The van der Waals surface area contributed by atoms with Crippen molar-refractivity contribution in [3.8, 4) is 11.1 Å². The molecule has 4 aromatic rings. The molecule has 0 saturated heterocycles. The fraction of sp³-hybridized carbons (Fsp3) is 0.206. The summed E-state index contributed by atoms with van der Waals surface area (Å²) < 4.78 is 5.30. The van der Waals surface area contributed by atoms with Gasteiger partial charge in [-0.2, -0.15) is 0 Å². The lowest BCUT2D eigenvalue weighted by Gasteiger charge is -2.26. The third-order valence-corrected chi connectivity index (χ3v) is 6.60. The van der Waals surface area contributed by atoms with Crippen LogP contribution in [0.2, 0.25) is 0 Å². The Balaban J connectivity index is 1.46. The first-order valence-corrected chi connectivity index (χ1v) is 12.9. The fourth-order valence-electron chi connectivity index (χ4n) is 4.17. The van der Waals surface area contributed by atoms with Crippen molar-refractivity contribution >= 4 is 23.0 Å². The smallest absolute Gasteiger partial charge is 0.333 e. The first-order chi connectivity index (χ1) is 17.9. The van der Waals surface area contributed by atoms with Crippen molar-refractivity contribution in [1.82, 2.24) is 0 Å². The van der Waals surface area contributed by atoms with Gasteiger partial charge < -0.3 is 9.64 Å². The number of allylic oxidation sites excluding steroid dienone is 1. The van der Waals surface area contributed by atoms with E-state index in [1.807, 2.05) is 6.92 Å². The van der Waals surface area contributed by atoms with Crippen molar-refractivity contribution in [2.75, 3.05) is 11.5 Å². The van der Waals surface area contributed by atoms with Crippen molar-refractivity contribution < 1.29 is 9.53 Å². The number of aryl methyl sites for hydroxylation is 3. The van der Waals surface area contributed by atoms with E-state index in [2.05, 4.69) is 116 Å². The van der Waals surface area contributed by atoms with Gasteiger partial charge in [0.05, 0.1) is 6.61 Å². The lowest BCUT2D eigenvalue weighted by Crippen LogP contribution is -2.09. The number of esters is 1. The lowest BCUT2D eigenvalue weighted by molar-refractivity contribution is -0.139. The Labute approximate surface area is 221 Å². The van der Waals surface area contributed by atoms with Crippen LogP contribution >= 0.6 is 0 Å². The minimum Gasteiger partial charge on any atom is -0.462 e. The van der Waals surface area contributed by atoms with Crippen molar-refractivity contribution in [3.05, 3.63) is 125 Å². The summed E-state index contributed by atoms with van der Waals surface area (Å²) in [5.41, 5.74) is 10.1. The van der Waals surface area contributed by atoms with Crippen LogP contribution in [0.3, 0.4) is 0 Å². The zero-order chi connectivity index (χ0) is 26.2. The van der Waals surface area contributed by atoms with Crippen LogP contribution in [-0.2, 0) is 16.0 Å². The van der Waals surface area contributed by atoms with Gasteiger partial charge in [-0.25, -0.2) is 4.79 Å². The molecule has 0 saturated carbocycles. The van der Waals surface area contributed by atoms with Crippen LogP contribution in [0, 0.1) is 13.8 Å². The second kappa shape index (κ2) is 12.2. The van der Waals surface area contributed by atoms with Crippen LogP contribution in [0.4, 0.5) is 17.1 Å². The minimum atomic E-state index is -0.232. The lowest BCUT2D eigenvalue weighted by atomic mass is 10.0. The van der Waals surface area contributed by atoms with Gasteiger partial charge in [-0.1, -0.05) is 77.9 Å². The Hall–Kier alpha value is -4.11. The molecule has 0 atom stereocenters. The number of anilines is 3. The summed E-state index contributed by atoms with van der Waals surface area (Å²) in [6.07, 6.45) is 3.46. The molecule has 0 aliphatic heterocycles. The van der Waals surface area contributed by atoms with Gasteiger partial charge in [0.1, 0.15) is 0 Å². The predicted octanol–water partition coefficient (Wildman–Crippen LogP) is 8.88. The number of benzene rings is 4. The van der Waals surface area contributed by atoms with E-state index >= 15 is 0 Å². The monoisotopic (exact) mass is 489 g/mol. The topological polar surface area (TPSA) is 29.5 Å². The van der Waals surface area contributed by atoms with Crippen molar-refractivity contribution in [3.63, 3.8) is 0 Å². The molecule has 3 heteroatoms. The molecule has 0 amide bonds. The molecule has 0 aliphatic carbocycles. The Bertz CT molecular complexity index is 1290. The van der Waals surface area contributed by atoms with E-state index in [0.717, 1.165) is 29.9 Å². The van der Waals surface area contributed by atoms with Crippen molar-refractivity contribution in [1.29, 1.82) is 0 Å². The highest BCUT2D eigenvalue weighted by atomic mass is 16.5. The molecular formula is C34H35NO2. The van der Waals surface area contributed by atoms with E-state index < -0.39 is 0 Å². The Morgan fingerprint density at radius 3 is 1.59 bits per heavy atom. The standard InChI is InChI=1S/C34H35NO2/c1-5-27(4)34(36)37-24-6-7-28-12-14-29(15-13-28)30-16-22-33(23-17-30)35(31-18-8-25(2)9-19-31)32-20-10-26(3)11-21-32/h5,8-23H,6-7,24H2,1-4H3/b27-5+. The molecule has 3 nitrogen and oxygen atoms in total. The SMILES string of the molecule is C/C=C(\C)C(=O)OCCCc1ccc(-c2ccc(N(c3ccc(C)cc3)c3ccc(C)cc3)cc2)cc1. The Kier molecular flexibility index (Phi) is 8.58. The molecule has 0 aliphatic rings. The fourth-order valence-corrected chi connectivity index (χ4v) is 4.17. The number of rotatable bonds is 9. The second-order valence-electron chi connectivity index (χ2n) is 9.46. The van der Waals surface area contributed by atoms with Gasteiger partial charge in [-0.3, -0.25) is 0 Å². The highest BCUT2D eigenvalue weighted by Gasteiger charge is 2.12. The zero-order valence-electron chi connectivity index (χ0n) is 22.2. The molecule has 0 aromatic heterocycles. The number of carbonyl (C=O) groups excluding carboxylic acids is 1. The van der Waals surface area contributed by atoms with Gasteiger partial charge >= 0.3 is 5.97 Å². The summed E-state index contributed by atoms with van der Waals surface area (Å²) >= 11 is 0. The molecule has 0 fully saturated rings. The van der Waals surface area contributed by atoms with Gasteiger partial charge in [0.25, 0.3) is 0 Å². The van der Waals surface area contributed by atoms with Gasteiger partial charge in [0.15, 0.2) is 0 Å². The summed E-state index contributed by atoms with van der Waals surface area (Å²) in [6, 6.07) is 34.7. The van der Waals surface area contributed by atoms with E-state index in [9.17, 15) is 4.79 Å². The van der Waals surface area contributed by atoms with Gasteiger partial charge in [-0.05, 0) is 93.6 Å². The maximum Gasteiger partial charge on any atom is 0.333 e. The number of ether oxygens (including phenoxy) is 1. The number of carbonyl (C=O) groups is 1. The quantitative estimate of drug-likeness (QED) is 0.134. The van der Waals surface area contributed by atoms with E-state index in [1.54, 1.807) is 13.0 Å². The molecule has 0 unspecified atom stereocenters. The molecule has 37 heavy (non-hydrogen) atoms. The molecule has 0 spiro atoms. The van der Waals surface area contributed by atoms with Gasteiger partial charge in [-0.15, -0.1) is 0 Å². The molecular weight excluding hydrogens is 454 g/mol. The minimum absolute atomic E-state index is 0.232. The molecule has 0 N–H and O–H groups in total. The maximum absolute atomic E-state index is 11.7. The van der Waals surface area contributed by atoms with E-state index in [0.29, 0.717) is 12.2 Å². The van der Waals surface area contributed by atoms with Crippen molar-refractivity contribution in [2.24, 2.45) is 0 Å². The number of hydrogen-bond acceptors (Lipinski definition) is 3. The highest BCUT2D eigenvalue weighted by molar-refractivity contribution is 5.87. The summed E-state index contributed by atoms with van der Waals surface area (Å²) in [5.74, 6) is -0.232. The summed E-state index contributed by atoms with van der Waals surface area (Å²) in [7, 11) is 0. The average molecular weight is 490 g/mol. The molecule has 0 radical (unpaired) electrons. The maximum atomic E-state index is 11.7. The second-order valence-corrected chi connectivity index (χ2v) is 9.46. The Morgan fingerprint density at radius 2 is 1.14 bits per heavy atom. The zero-order valence-corrected chi connectivity index (χ0v) is 22.2. The highest BCUT2D eigenvalue weighted by Crippen LogP contribution is 2.35. The predicted molar refractivity (Wildman–Crippen MR) is 155 cm³/mol. The molecule has 188 valence electrons. The van der Waals surface area contributed by atoms with Crippen LogP contribution in [0.25, 0.3) is 11.1 Å². The molecule has 4 rings (SSSR count). The van der Waals surface area contributed by atoms with Crippen LogP contribution < -0.4 is 4.90 Å². The van der Waals surface area contributed by atoms with Crippen LogP contribution in [-0.4, -0.2) is 12.6 Å². The molecule has 0 bridgehead atoms. The van der Waals surface area contributed by atoms with Gasteiger partial charge in [0, 0.05) is 22.6 Å². The van der Waals surface area contributed by atoms with Crippen LogP contribution in [0.5, 0.6) is 0 Å². The molecule has 0 heterocycles. The largest absolute Gasteiger partial charge is 0.462 e. The Morgan fingerprint density at radius 1 is 0.703 bits per heavy atom. The third kappa shape index (κ3) is 6.77. The van der Waals surface area contributed by atoms with E-state index in [-0.39, 0.29) is 5.97 Å². The van der Waals surface area contributed by atoms with Crippen molar-refractivity contribution in [2.45, 2.75) is 40.5 Å².